The molecule has 0 saturated heterocycles. The van der Waals surface area contributed by atoms with Crippen LogP contribution in [0.25, 0.3) is 0 Å². The lowest BCUT2D eigenvalue weighted by molar-refractivity contribution is -0.120. The van der Waals surface area contributed by atoms with Crippen LogP contribution in [0.15, 0.2) is 47.4 Å². The van der Waals surface area contributed by atoms with Crippen LogP contribution < -0.4 is 10.6 Å². The maximum atomic E-state index is 12.2. The number of amides is 2. The van der Waals surface area contributed by atoms with E-state index in [0.29, 0.717) is 10.7 Å². The zero-order chi connectivity index (χ0) is 16.4. The van der Waals surface area contributed by atoms with Gasteiger partial charge in [0.05, 0.1) is 10.9 Å². The number of carbonyl (C=O) groups excluding carboxylic acids is 2. The zero-order valence-corrected chi connectivity index (χ0v) is 14.0. The van der Waals surface area contributed by atoms with E-state index in [1.54, 1.807) is 18.2 Å². The van der Waals surface area contributed by atoms with Gasteiger partial charge in [0, 0.05) is 22.0 Å². The summed E-state index contributed by atoms with van der Waals surface area (Å²) in [7, 11) is 0. The van der Waals surface area contributed by atoms with Crippen molar-refractivity contribution in [3.8, 4) is 0 Å². The molecule has 2 aromatic rings. The molecule has 0 saturated carbocycles. The number of carbonyl (C=O) groups is 2. The summed E-state index contributed by atoms with van der Waals surface area (Å²) in [5, 5.41) is 5.87. The molecule has 0 unspecified atom stereocenters. The van der Waals surface area contributed by atoms with E-state index in [9.17, 15) is 9.59 Å². The monoisotopic (exact) mass is 346 g/mol. The molecule has 2 amide bonds. The number of halogens is 1. The summed E-state index contributed by atoms with van der Waals surface area (Å²) in [6.07, 6.45) is 0.118. The molecule has 23 heavy (non-hydrogen) atoms. The highest BCUT2D eigenvalue weighted by Crippen LogP contribution is 2.36. The summed E-state index contributed by atoms with van der Waals surface area (Å²) < 4.78 is 0. The Hall–Kier alpha value is -1.98. The van der Waals surface area contributed by atoms with Gasteiger partial charge >= 0.3 is 0 Å². The Morgan fingerprint density at radius 3 is 2.87 bits per heavy atom. The first-order chi connectivity index (χ1) is 11.0. The average Bonchev–Trinajstić information content (AvgIpc) is 2.51. The number of para-hydroxylation sites is 1. The standard InChI is InChI=1S/C17H15ClN2O2S/c1-10-8-11(18)6-7-12(10)19-16(21)9-15-17(22)20-13-4-2-3-5-14(13)23-15/h2-8,15H,9H2,1H3,(H,19,21)(H,20,22)/t15-/m1/s1. The molecule has 4 nitrogen and oxygen atoms in total. The number of aryl methyl sites for hydroxylation is 1. The van der Waals surface area contributed by atoms with Gasteiger partial charge in [-0.3, -0.25) is 9.59 Å². The Bertz CT molecular complexity index is 779. The van der Waals surface area contributed by atoms with Gasteiger partial charge in [0.1, 0.15) is 0 Å². The smallest absolute Gasteiger partial charge is 0.238 e. The van der Waals surface area contributed by atoms with E-state index in [1.807, 2.05) is 31.2 Å². The van der Waals surface area contributed by atoms with Crippen LogP contribution >= 0.6 is 23.4 Å². The quantitative estimate of drug-likeness (QED) is 0.880. The maximum absolute atomic E-state index is 12.2. The van der Waals surface area contributed by atoms with Crippen LogP contribution in [-0.2, 0) is 9.59 Å². The molecule has 1 heterocycles. The van der Waals surface area contributed by atoms with Crippen LogP contribution in [0.5, 0.6) is 0 Å². The molecular weight excluding hydrogens is 332 g/mol. The summed E-state index contributed by atoms with van der Waals surface area (Å²) in [5.74, 6) is -0.334. The van der Waals surface area contributed by atoms with Gasteiger partial charge in [-0.15, -0.1) is 11.8 Å². The molecule has 1 aliphatic rings. The average molecular weight is 347 g/mol. The Morgan fingerprint density at radius 1 is 1.30 bits per heavy atom. The van der Waals surface area contributed by atoms with Gasteiger partial charge in [-0.1, -0.05) is 23.7 Å². The minimum atomic E-state index is -0.433. The predicted octanol–water partition coefficient (Wildman–Crippen LogP) is 4.09. The lowest BCUT2D eigenvalue weighted by Crippen LogP contribution is -2.32. The lowest BCUT2D eigenvalue weighted by atomic mass is 10.2. The number of benzene rings is 2. The molecule has 2 N–H and O–H groups in total. The van der Waals surface area contributed by atoms with Crippen molar-refractivity contribution in [2.45, 2.75) is 23.5 Å². The second-order valence-corrected chi connectivity index (χ2v) is 6.98. The third kappa shape index (κ3) is 3.68. The molecule has 0 aromatic heterocycles. The van der Waals surface area contributed by atoms with Gasteiger partial charge in [0.15, 0.2) is 0 Å². The summed E-state index contributed by atoms with van der Waals surface area (Å²) in [5.41, 5.74) is 2.39. The molecule has 1 aliphatic heterocycles. The van der Waals surface area contributed by atoms with Crippen molar-refractivity contribution in [1.29, 1.82) is 0 Å². The first kappa shape index (κ1) is 15.9. The summed E-state index contributed by atoms with van der Waals surface area (Å²) in [4.78, 5) is 25.3. The molecule has 1 atom stereocenters. The topological polar surface area (TPSA) is 58.2 Å². The van der Waals surface area contributed by atoms with Crippen molar-refractivity contribution >= 4 is 46.6 Å². The Kier molecular flexibility index (Phi) is 4.59. The van der Waals surface area contributed by atoms with Gasteiger partial charge in [0.2, 0.25) is 11.8 Å². The normalized spacial score (nSPS) is 16.4. The lowest BCUT2D eigenvalue weighted by Gasteiger charge is -2.23. The van der Waals surface area contributed by atoms with Gasteiger partial charge in [-0.25, -0.2) is 0 Å². The second-order valence-electron chi connectivity index (χ2n) is 5.30. The van der Waals surface area contributed by atoms with Crippen LogP contribution in [0.4, 0.5) is 11.4 Å². The van der Waals surface area contributed by atoms with Crippen molar-refractivity contribution in [3.05, 3.63) is 53.1 Å². The molecule has 0 radical (unpaired) electrons. The van der Waals surface area contributed by atoms with E-state index in [1.165, 1.54) is 11.8 Å². The molecule has 0 spiro atoms. The van der Waals surface area contributed by atoms with Crippen LogP contribution in [0.1, 0.15) is 12.0 Å². The summed E-state index contributed by atoms with van der Waals surface area (Å²) in [6, 6.07) is 12.9. The van der Waals surface area contributed by atoms with Crippen molar-refractivity contribution < 1.29 is 9.59 Å². The molecule has 6 heteroatoms. The fraction of sp³-hybridized carbons (Fsp3) is 0.176. The number of rotatable bonds is 3. The highest BCUT2D eigenvalue weighted by Gasteiger charge is 2.28. The fourth-order valence-corrected chi connectivity index (χ4v) is 3.70. The molecule has 0 bridgehead atoms. The van der Waals surface area contributed by atoms with Gasteiger partial charge in [-0.05, 0) is 42.8 Å². The number of thioether (sulfide) groups is 1. The number of nitrogens with one attached hydrogen (secondary N) is 2. The van der Waals surface area contributed by atoms with E-state index in [-0.39, 0.29) is 18.2 Å². The molecule has 3 rings (SSSR count). The third-order valence-electron chi connectivity index (χ3n) is 3.54. The van der Waals surface area contributed by atoms with Gasteiger partial charge in [-0.2, -0.15) is 0 Å². The molecular formula is C17H15ClN2O2S. The molecule has 0 fully saturated rings. The van der Waals surface area contributed by atoms with E-state index in [0.717, 1.165) is 16.1 Å². The highest BCUT2D eigenvalue weighted by atomic mass is 35.5. The molecule has 118 valence electrons. The van der Waals surface area contributed by atoms with Crippen molar-refractivity contribution in [2.75, 3.05) is 10.6 Å². The Morgan fingerprint density at radius 2 is 2.09 bits per heavy atom. The summed E-state index contributed by atoms with van der Waals surface area (Å²) >= 11 is 7.32. The maximum Gasteiger partial charge on any atom is 0.238 e. The molecule has 0 aliphatic carbocycles. The van der Waals surface area contributed by atoms with Crippen LogP contribution in [0, 0.1) is 6.92 Å². The molecule has 2 aromatic carbocycles. The summed E-state index contributed by atoms with van der Waals surface area (Å²) in [6.45, 7) is 1.87. The number of hydrogen-bond donors (Lipinski definition) is 2. The van der Waals surface area contributed by atoms with Crippen molar-refractivity contribution in [3.63, 3.8) is 0 Å². The van der Waals surface area contributed by atoms with Crippen molar-refractivity contribution in [2.24, 2.45) is 0 Å². The minimum absolute atomic E-state index is 0.118. The SMILES string of the molecule is Cc1cc(Cl)ccc1NC(=O)C[C@H]1Sc2ccccc2NC1=O. The van der Waals surface area contributed by atoms with Crippen LogP contribution in [-0.4, -0.2) is 17.1 Å². The van der Waals surface area contributed by atoms with Gasteiger partial charge < -0.3 is 10.6 Å². The second kappa shape index (κ2) is 6.64. The highest BCUT2D eigenvalue weighted by molar-refractivity contribution is 8.01. The number of hydrogen-bond acceptors (Lipinski definition) is 3. The Labute approximate surface area is 143 Å². The largest absolute Gasteiger partial charge is 0.326 e. The van der Waals surface area contributed by atoms with E-state index < -0.39 is 5.25 Å². The predicted molar refractivity (Wildman–Crippen MR) is 94.2 cm³/mol. The van der Waals surface area contributed by atoms with E-state index >= 15 is 0 Å². The van der Waals surface area contributed by atoms with Gasteiger partial charge in [0.25, 0.3) is 0 Å². The minimum Gasteiger partial charge on any atom is -0.326 e. The van der Waals surface area contributed by atoms with Crippen LogP contribution in [0.3, 0.4) is 0 Å². The fourth-order valence-electron chi connectivity index (χ4n) is 2.36. The Balaban J connectivity index is 1.67. The first-order valence-corrected chi connectivity index (χ1v) is 8.41. The number of fused-ring (bicyclic) bond motifs is 1. The van der Waals surface area contributed by atoms with Crippen LogP contribution in [0.2, 0.25) is 5.02 Å². The van der Waals surface area contributed by atoms with E-state index in [4.69, 9.17) is 11.6 Å². The zero-order valence-electron chi connectivity index (χ0n) is 12.4. The van der Waals surface area contributed by atoms with Crippen molar-refractivity contribution in [1.82, 2.24) is 0 Å². The third-order valence-corrected chi connectivity index (χ3v) is 5.05. The first-order valence-electron chi connectivity index (χ1n) is 7.15. The number of anilines is 2. The van der Waals surface area contributed by atoms with E-state index in [2.05, 4.69) is 10.6 Å².